The van der Waals surface area contributed by atoms with Crippen LogP contribution < -0.4 is 0 Å². The Labute approximate surface area is 122 Å². The summed E-state index contributed by atoms with van der Waals surface area (Å²) in [5.41, 5.74) is 2.50. The van der Waals surface area contributed by atoms with Gasteiger partial charge in [-0.1, -0.05) is 24.3 Å². The molecule has 1 heterocycles. The van der Waals surface area contributed by atoms with Gasteiger partial charge in [-0.3, -0.25) is 9.59 Å². The number of carbonyl (C=O) groups excluding carboxylic acids is 1. The Morgan fingerprint density at radius 2 is 1.86 bits per heavy atom. The van der Waals surface area contributed by atoms with Crippen molar-refractivity contribution in [2.24, 2.45) is 0 Å². The molecule has 0 spiro atoms. The summed E-state index contributed by atoms with van der Waals surface area (Å²) in [5, 5.41) is 8.84. The number of aromatic nitrogens is 1. The summed E-state index contributed by atoms with van der Waals surface area (Å²) in [7, 11) is 3.34. The fourth-order valence-corrected chi connectivity index (χ4v) is 1.96. The van der Waals surface area contributed by atoms with Crippen LogP contribution in [0.25, 0.3) is 11.3 Å². The van der Waals surface area contributed by atoms with E-state index in [1.54, 1.807) is 50.5 Å². The van der Waals surface area contributed by atoms with E-state index >= 15 is 0 Å². The van der Waals surface area contributed by atoms with Crippen molar-refractivity contribution in [1.29, 1.82) is 0 Å². The van der Waals surface area contributed by atoms with E-state index < -0.39 is 5.97 Å². The number of carboxylic acid groups (broad SMARTS) is 1. The van der Waals surface area contributed by atoms with Crippen molar-refractivity contribution in [3.8, 4) is 11.3 Å². The number of nitrogens with zero attached hydrogens (tertiary/aromatic N) is 2. The number of aliphatic carboxylic acids is 1. The van der Waals surface area contributed by atoms with E-state index in [0.717, 1.165) is 5.56 Å². The third-order valence-electron chi connectivity index (χ3n) is 2.95. The molecule has 0 aliphatic carbocycles. The highest BCUT2D eigenvalue weighted by atomic mass is 16.4. The van der Waals surface area contributed by atoms with Gasteiger partial charge in [-0.05, 0) is 23.8 Å². The quantitative estimate of drug-likeness (QED) is 0.933. The van der Waals surface area contributed by atoms with Crippen LogP contribution in [0.2, 0.25) is 0 Å². The topological polar surface area (TPSA) is 70.5 Å². The molecule has 1 aromatic heterocycles. The zero-order chi connectivity index (χ0) is 15.4. The summed E-state index contributed by atoms with van der Waals surface area (Å²) in [4.78, 5) is 28.5. The van der Waals surface area contributed by atoms with Gasteiger partial charge < -0.3 is 10.0 Å². The number of amides is 1. The molecule has 0 bridgehead atoms. The Kier molecular flexibility index (Phi) is 4.33. The molecule has 0 atom stereocenters. The van der Waals surface area contributed by atoms with Gasteiger partial charge >= 0.3 is 5.97 Å². The first kappa shape index (κ1) is 14.7. The summed E-state index contributed by atoms with van der Waals surface area (Å²) < 4.78 is 0. The van der Waals surface area contributed by atoms with E-state index in [4.69, 9.17) is 5.11 Å². The fraction of sp³-hybridized carbons (Fsp3) is 0.188. The molecule has 2 aromatic rings. The molecule has 0 fully saturated rings. The lowest BCUT2D eigenvalue weighted by molar-refractivity contribution is -0.136. The maximum Gasteiger partial charge on any atom is 0.307 e. The van der Waals surface area contributed by atoms with E-state index in [2.05, 4.69) is 4.98 Å². The molecule has 0 saturated carbocycles. The molecule has 0 saturated heterocycles. The summed E-state index contributed by atoms with van der Waals surface area (Å²) in [5.74, 6) is -1.05. The third kappa shape index (κ3) is 3.66. The van der Waals surface area contributed by atoms with Crippen molar-refractivity contribution in [2.45, 2.75) is 6.42 Å². The van der Waals surface area contributed by atoms with Crippen LogP contribution >= 0.6 is 0 Å². The Morgan fingerprint density at radius 1 is 1.14 bits per heavy atom. The first-order chi connectivity index (χ1) is 9.97. The summed E-state index contributed by atoms with van der Waals surface area (Å²) in [6.07, 6.45) is -0.0375. The lowest BCUT2D eigenvalue weighted by atomic mass is 10.1. The first-order valence-corrected chi connectivity index (χ1v) is 6.47. The maximum atomic E-state index is 11.9. The van der Waals surface area contributed by atoms with Gasteiger partial charge in [0.15, 0.2) is 0 Å². The number of carboxylic acids is 1. The standard InChI is InChI=1S/C16H16N2O3/c1-18(2)16(21)14-8-4-7-13(17-14)12-6-3-5-11(9-12)10-15(19)20/h3-9H,10H2,1-2H3,(H,19,20). The van der Waals surface area contributed by atoms with Gasteiger partial charge in [-0.2, -0.15) is 0 Å². The van der Waals surface area contributed by atoms with Crippen LogP contribution in [0.4, 0.5) is 0 Å². The van der Waals surface area contributed by atoms with Crippen LogP contribution in [0, 0.1) is 0 Å². The summed E-state index contributed by atoms with van der Waals surface area (Å²) >= 11 is 0. The molecule has 5 nitrogen and oxygen atoms in total. The van der Waals surface area contributed by atoms with E-state index in [1.165, 1.54) is 4.90 Å². The number of hydrogen-bond donors (Lipinski definition) is 1. The molecule has 5 heteroatoms. The fourth-order valence-electron chi connectivity index (χ4n) is 1.96. The van der Waals surface area contributed by atoms with Crippen molar-refractivity contribution in [3.05, 3.63) is 53.7 Å². The monoisotopic (exact) mass is 284 g/mol. The number of benzene rings is 1. The van der Waals surface area contributed by atoms with Crippen LogP contribution in [0.3, 0.4) is 0 Å². The molecular weight excluding hydrogens is 268 g/mol. The van der Waals surface area contributed by atoms with Crippen LogP contribution in [-0.4, -0.2) is 41.0 Å². The van der Waals surface area contributed by atoms with E-state index in [0.29, 0.717) is 17.0 Å². The van der Waals surface area contributed by atoms with Crippen molar-refractivity contribution < 1.29 is 14.7 Å². The highest BCUT2D eigenvalue weighted by Gasteiger charge is 2.11. The number of rotatable bonds is 4. The zero-order valence-corrected chi connectivity index (χ0v) is 11.9. The Hall–Kier alpha value is -2.69. The van der Waals surface area contributed by atoms with Crippen molar-refractivity contribution >= 4 is 11.9 Å². The van der Waals surface area contributed by atoms with Crippen LogP contribution in [0.15, 0.2) is 42.5 Å². The summed E-state index contributed by atoms with van der Waals surface area (Å²) in [6.45, 7) is 0. The molecular formula is C16H16N2O3. The zero-order valence-electron chi connectivity index (χ0n) is 11.9. The van der Waals surface area contributed by atoms with Crippen LogP contribution in [0.1, 0.15) is 16.1 Å². The highest BCUT2D eigenvalue weighted by molar-refractivity contribution is 5.92. The number of carbonyl (C=O) groups is 2. The SMILES string of the molecule is CN(C)C(=O)c1cccc(-c2cccc(CC(=O)O)c2)n1. The molecule has 21 heavy (non-hydrogen) atoms. The van der Waals surface area contributed by atoms with Gasteiger partial charge in [0.1, 0.15) is 5.69 Å². The largest absolute Gasteiger partial charge is 0.481 e. The molecule has 0 unspecified atom stereocenters. The highest BCUT2D eigenvalue weighted by Crippen LogP contribution is 2.19. The van der Waals surface area contributed by atoms with Gasteiger partial charge in [0.05, 0.1) is 12.1 Å². The van der Waals surface area contributed by atoms with Gasteiger partial charge in [0.2, 0.25) is 0 Å². The lowest BCUT2D eigenvalue weighted by Gasteiger charge is -2.10. The second-order valence-electron chi connectivity index (χ2n) is 4.88. The maximum absolute atomic E-state index is 11.9. The Bertz CT molecular complexity index is 681. The van der Waals surface area contributed by atoms with Gasteiger partial charge in [-0.15, -0.1) is 0 Å². The minimum atomic E-state index is -0.878. The molecule has 0 radical (unpaired) electrons. The van der Waals surface area contributed by atoms with Crippen molar-refractivity contribution in [2.75, 3.05) is 14.1 Å². The normalized spacial score (nSPS) is 10.2. The second-order valence-corrected chi connectivity index (χ2v) is 4.88. The predicted molar refractivity (Wildman–Crippen MR) is 79.0 cm³/mol. The van der Waals surface area contributed by atoms with Gasteiger partial charge in [0.25, 0.3) is 5.91 Å². The van der Waals surface area contributed by atoms with Crippen molar-refractivity contribution in [3.63, 3.8) is 0 Å². The number of hydrogen-bond acceptors (Lipinski definition) is 3. The van der Waals surface area contributed by atoms with Gasteiger partial charge in [0, 0.05) is 19.7 Å². The average Bonchev–Trinajstić information content (AvgIpc) is 2.46. The third-order valence-corrected chi connectivity index (χ3v) is 2.95. The first-order valence-electron chi connectivity index (χ1n) is 6.47. The van der Waals surface area contributed by atoms with Crippen LogP contribution in [-0.2, 0) is 11.2 Å². The molecule has 108 valence electrons. The predicted octanol–water partition coefficient (Wildman–Crippen LogP) is 2.08. The van der Waals surface area contributed by atoms with E-state index in [1.807, 2.05) is 6.07 Å². The molecule has 0 aliphatic rings. The summed E-state index contributed by atoms with van der Waals surface area (Å²) in [6, 6.07) is 12.4. The Balaban J connectivity index is 2.36. The molecule has 2 rings (SSSR count). The lowest BCUT2D eigenvalue weighted by Crippen LogP contribution is -2.22. The second kappa shape index (κ2) is 6.17. The molecule has 0 aliphatic heterocycles. The number of pyridine rings is 1. The molecule has 1 amide bonds. The smallest absolute Gasteiger partial charge is 0.307 e. The molecule has 1 aromatic carbocycles. The van der Waals surface area contributed by atoms with E-state index in [-0.39, 0.29) is 12.3 Å². The van der Waals surface area contributed by atoms with E-state index in [9.17, 15) is 9.59 Å². The average molecular weight is 284 g/mol. The van der Waals surface area contributed by atoms with Crippen LogP contribution in [0.5, 0.6) is 0 Å². The van der Waals surface area contributed by atoms with Crippen molar-refractivity contribution in [1.82, 2.24) is 9.88 Å². The molecule has 1 N–H and O–H groups in total. The minimum Gasteiger partial charge on any atom is -0.481 e. The minimum absolute atomic E-state index is 0.0375. The Morgan fingerprint density at radius 3 is 2.52 bits per heavy atom. The van der Waals surface area contributed by atoms with Gasteiger partial charge in [-0.25, -0.2) is 4.98 Å².